The summed E-state index contributed by atoms with van der Waals surface area (Å²) in [6.07, 6.45) is 0.823. The number of hydrogen-bond donors (Lipinski definition) is 2. The van der Waals surface area contributed by atoms with E-state index in [1.165, 1.54) is 0 Å². The van der Waals surface area contributed by atoms with Gasteiger partial charge in [-0.15, -0.1) is 0 Å². The van der Waals surface area contributed by atoms with Crippen LogP contribution in [0.25, 0.3) is 0 Å². The van der Waals surface area contributed by atoms with Crippen LogP contribution in [0.5, 0.6) is 5.75 Å². The van der Waals surface area contributed by atoms with Crippen LogP contribution in [0.15, 0.2) is 48.5 Å². The van der Waals surface area contributed by atoms with Gasteiger partial charge in [-0.2, -0.15) is 0 Å². The lowest BCUT2D eigenvalue weighted by Gasteiger charge is -2.09. The molecule has 0 unspecified atom stereocenters. The lowest BCUT2D eigenvalue weighted by Crippen LogP contribution is -2.23. The second kappa shape index (κ2) is 7.45. The summed E-state index contributed by atoms with van der Waals surface area (Å²) in [7, 11) is 1.62. The highest BCUT2D eigenvalue weighted by atomic mass is 16.5. The van der Waals surface area contributed by atoms with E-state index < -0.39 is 0 Å². The molecule has 4 heteroatoms. The molecule has 0 aliphatic heterocycles. The molecule has 0 saturated heterocycles. The first-order chi connectivity index (χ1) is 10.2. The second-order valence-corrected chi connectivity index (χ2v) is 4.73. The third-order valence-corrected chi connectivity index (χ3v) is 3.28. The minimum absolute atomic E-state index is 0.0970. The molecule has 2 aromatic carbocycles. The summed E-state index contributed by atoms with van der Waals surface area (Å²) in [5.74, 6) is 0.677. The molecule has 0 aromatic heterocycles. The normalized spacial score (nSPS) is 10.2. The number of amides is 1. The number of benzene rings is 2. The molecule has 0 spiro atoms. The van der Waals surface area contributed by atoms with Crippen molar-refractivity contribution in [2.75, 3.05) is 13.7 Å². The fourth-order valence-corrected chi connectivity index (χ4v) is 2.12. The van der Waals surface area contributed by atoms with E-state index >= 15 is 0 Å². The lowest BCUT2D eigenvalue weighted by atomic mass is 10.1. The van der Waals surface area contributed by atoms with Gasteiger partial charge in [0.25, 0.3) is 5.91 Å². The van der Waals surface area contributed by atoms with Crippen molar-refractivity contribution in [3.8, 4) is 5.75 Å². The lowest BCUT2D eigenvalue weighted by molar-refractivity contribution is 0.0950. The number of methoxy groups -OCH3 is 1. The van der Waals surface area contributed by atoms with Gasteiger partial charge in [0, 0.05) is 17.7 Å². The van der Waals surface area contributed by atoms with Crippen molar-refractivity contribution < 1.29 is 9.53 Å². The molecule has 0 heterocycles. The van der Waals surface area contributed by atoms with E-state index in [-0.39, 0.29) is 5.91 Å². The van der Waals surface area contributed by atoms with Crippen molar-refractivity contribution in [3.63, 3.8) is 0 Å². The van der Waals surface area contributed by atoms with Crippen LogP contribution in [0.3, 0.4) is 0 Å². The van der Waals surface area contributed by atoms with Gasteiger partial charge >= 0.3 is 0 Å². The Balaban J connectivity index is 1.98. The minimum Gasteiger partial charge on any atom is -0.496 e. The molecule has 110 valence electrons. The first-order valence-electron chi connectivity index (χ1n) is 6.93. The predicted octanol–water partition coefficient (Wildman–Crippen LogP) is 2.13. The van der Waals surface area contributed by atoms with Crippen molar-refractivity contribution in [3.05, 3.63) is 65.2 Å². The maximum absolute atomic E-state index is 12.1. The van der Waals surface area contributed by atoms with Crippen LogP contribution in [0, 0.1) is 0 Å². The van der Waals surface area contributed by atoms with Gasteiger partial charge in [0.15, 0.2) is 0 Å². The Bertz CT molecular complexity index is 594. The molecule has 2 aromatic rings. The third kappa shape index (κ3) is 4.07. The summed E-state index contributed by atoms with van der Waals surface area (Å²) < 4.78 is 5.26. The molecule has 0 aliphatic rings. The van der Waals surface area contributed by atoms with E-state index in [1.54, 1.807) is 7.11 Å². The molecule has 0 saturated carbocycles. The SMILES string of the molecule is COc1ccccc1CNC(=O)c1ccc(CCN)cc1. The number of hydrogen-bond acceptors (Lipinski definition) is 3. The monoisotopic (exact) mass is 284 g/mol. The molecule has 21 heavy (non-hydrogen) atoms. The van der Waals surface area contributed by atoms with Crippen molar-refractivity contribution in [1.82, 2.24) is 5.32 Å². The Morgan fingerprint density at radius 1 is 1.14 bits per heavy atom. The topological polar surface area (TPSA) is 64.3 Å². The Morgan fingerprint density at radius 3 is 2.52 bits per heavy atom. The van der Waals surface area contributed by atoms with Gasteiger partial charge in [-0.05, 0) is 36.7 Å². The Morgan fingerprint density at radius 2 is 1.86 bits per heavy atom. The van der Waals surface area contributed by atoms with Gasteiger partial charge < -0.3 is 15.8 Å². The predicted molar refractivity (Wildman–Crippen MR) is 83.4 cm³/mol. The van der Waals surface area contributed by atoms with Crippen LogP contribution in [-0.2, 0) is 13.0 Å². The fourth-order valence-electron chi connectivity index (χ4n) is 2.12. The van der Waals surface area contributed by atoms with Gasteiger partial charge in [0.1, 0.15) is 5.75 Å². The van der Waals surface area contributed by atoms with Gasteiger partial charge in [-0.25, -0.2) is 0 Å². The van der Waals surface area contributed by atoms with Crippen molar-refractivity contribution in [2.24, 2.45) is 5.73 Å². The van der Waals surface area contributed by atoms with Crippen LogP contribution in [0.2, 0.25) is 0 Å². The molecule has 4 nitrogen and oxygen atoms in total. The average Bonchev–Trinajstić information content (AvgIpc) is 2.54. The van der Waals surface area contributed by atoms with Gasteiger partial charge in [-0.3, -0.25) is 4.79 Å². The van der Waals surface area contributed by atoms with E-state index in [0.717, 1.165) is 23.3 Å². The fraction of sp³-hybridized carbons (Fsp3) is 0.235. The Hall–Kier alpha value is -2.33. The molecular formula is C17H20N2O2. The number of nitrogens with two attached hydrogens (primary N) is 1. The number of para-hydroxylation sites is 1. The number of carbonyl (C=O) groups is 1. The first-order valence-corrected chi connectivity index (χ1v) is 6.93. The van der Waals surface area contributed by atoms with Crippen LogP contribution < -0.4 is 15.8 Å². The summed E-state index contributed by atoms with van der Waals surface area (Å²) >= 11 is 0. The van der Waals surface area contributed by atoms with Crippen molar-refractivity contribution in [1.29, 1.82) is 0 Å². The quantitative estimate of drug-likeness (QED) is 0.854. The molecule has 0 radical (unpaired) electrons. The number of ether oxygens (including phenoxy) is 1. The zero-order valence-electron chi connectivity index (χ0n) is 12.1. The largest absolute Gasteiger partial charge is 0.496 e. The Labute approximate surface area is 124 Å². The Kier molecular flexibility index (Phi) is 5.35. The molecule has 3 N–H and O–H groups in total. The van der Waals surface area contributed by atoms with Crippen molar-refractivity contribution in [2.45, 2.75) is 13.0 Å². The smallest absolute Gasteiger partial charge is 0.251 e. The highest BCUT2D eigenvalue weighted by Crippen LogP contribution is 2.16. The summed E-state index contributed by atoms with van der Waals surface area (Å²) in [6.45, 7) is 1.05. The number of carbonyl (C=O) groups excluding carboxylic acids is 1. The molecule has 0 bridgehead atoms. The van der Waals surface area contributed by atoms with E-state index in [1.807, 2.05) is 48.5 Å². The minimum atomic E-state index is -0.0970. The first kappa shape index (κ1) is 15.1. The molecule has 0 atom stereocenters. The molecule has 2 rings (SSSR count). The van der Waals surface area contributed by atoms with E-state index in [4.69, 9.17) is 10.5 Å². The van der Waals surface area contributed by atoms with E-state index in [9.17, 15) is 4.79 Å². The van der Waals surface area contributed by atoms with E-state index in [0.29, 0.717) is 18.7 Å². The second-order valence-electron chi connectivity index (χ2n) is 4.73. The standard InChI is InChI=1S/C17H20N2O2/c1-21-16-5-3-2-4-15(16)12-19-17(20)14-8-6-13(7-9-14)10-11-18/h2-9H,10-12,18H2,1H3,(H,19,20). The van der Waals surface area contributed by atoms with Crippen molar-refractivity contribution >= 4 is 5.91 Å². The van der Waals surface area contributed by atoms with Crippen LogP contribution >= 0.6 is 0 Å². The molecule has 1 amide bonds. The zero-order chi connectivity index (χ0) is 15.1. The van der Waals surface area contributed by atoms with Crippen LogP contribution in [0.4, 0.5) is 0 Å². The molecular weight excluding hydrogens is 264 g/mol. The highest BCUT2D eigenvalue weighted by molar-refractivity contribution is 5.94. The van der Waals surface area contributed by atoms with Gasteiger partial charge in [0.2, 0.25) is 0 Å². The molecule has 0 aliphatic carbocycles. The third-order valence-electron chi connectivity index (χ3n) is 3.28. The number of rotatable bonds is 6. The van der Waals surface area contributed by atoms with Gasteiger partial charge in [-0.1, -0.05) is 30.3 Å². The highest BCUT2D eigenvalue weighted by Gasteiger charge is 2.07. The molecule has 0 fully saturated rings. The number of nitrogens with one attached hydrogen (secondary N) is 1. The van der Waals surface area contributed by atoms with Gasteiger partial charge in [0.05, 0.1) is 7.11 Å². The summed E-state index contributed by atoms with van der Waals surface area (Å²) in [6, 6.07) is 15.2. The maximum atomic E-state index is 12.1. The summed E-state index contributed by atoms with van der Waals surface area (Å²) in [5, 5.41) is 2.90. The van der Waals surface area contributed by atoms with Crippen LogP contribution in [-0.4, -0.2) is 19.6 Å². The van der Waals surface area contributed by atoms with E-state index in [2.05, 4.69) is 5.32 Å². The maximum Gasteiger partial charge on any atom is 0.251 e. The van der Waals surface area contributed by atoms with Crippen LogP contribution in [0.1, 0.15) is 21.5 Å². The average molecular weight is 284 g/mol. The summed E-state index contributed by atoms with van der Waals surface area (Å²) in [5.41, 5.74) is 8.24. The summed E-state index contributed by atoms with van der Waals surface area (Å²) in [4.78, 5) is 12.1. The zero-order valence-corrected chi connectivity index (χ0v) is 12.1.